The summed E-state index contributed by atoms with van der Waals surface area (Å²) in [5, 5.41) is 0. The molecule has 0 aliphatic heterocycles. The standard InChI is InChI=1S/C23H25NO2/c1-18(24)14-21-12-13-22(25-16-19-8-4-2-5-9-19)23(15-21)26-17-20-10-6-3-7-11-20/h2-13,15,18H,14,16-17,24H2,1H3/t18-/m1/s1. The minimum Gasteiger partial charge on any atom is -0.485 e. The van der Waals surface area contributed by atoms with Crippen molar-refractivity contribution < 1.29 is 9.47 Å². The highest BCUT2D eigenvalue weighted by atomic mass is 16.5. The van der Waals surface area contributed by atoms with Gasteiger partial charge in [-0.25, -0.2) is 0 Å². The Hall–Kier alpha value is -2.78. The summed E-state index contributed by atoms with van der Waals surface area (Å²) in [4.78, 5) is 0. The molecule has 0 amide bonds. The van der Waals surface area contributed by atoms with Gasteiger partial charge in [-0.15, -0.1) is 0 Å². The quantitative estimate of drug-likeness (QED) is 0.640. The molecule has 0 heterocycles. The van der Waals surface area contributed by atoms with Gasteiger partial charge in [-0.2, -0.15) is 0 Å². The van der Waals surface area contributed by atoms with E-state index in [1.807, 2.05) is 55.5 Å². The summed E-state index contributed by atoms with van der Waals surface area (Å²) in [5.74, 6) is 1.50. The van der Waals surface area contributed by atoms with Crippen LogP contribution >= 0.6 is 0 Å². The van der Waals surface area contributed by atoms with Crippen LogP contribution in [0.5, 0.6) is 11.5 Å². The Morgan fingerprint density at radius 1 is 0.692 bits per heavy atom. The van der Waals surface area contributed by atoms with Gasteiger partial charge in [0.2, 0.25) is 0 Å². The van der Waals surface area contributed by atoms with Gasteiger partial charge in [0, 0.05) is 6.04 Å². The molecule has 0 aliphatic rings. The monoisotopic (exact) mass is 347 g/mol. The van der Waals surface area contributed by atoms with Crippen molar-refractivity contribution in [3.63, 3.8) is 0 Å². The lowest BCUT2D eigenvalue weighted by atomic mass is 10.1. The predicted octanol–water partition coefficient (Wildman–Crippen LogP) is 4.73. The lowest BCUT2D eigenvalue weighted by Gasteiger charge is -2.15. The van der Waals surface area contributed by atoms with Gasteiger partial charge < -0.3 is 15.2 Å². The zero-order valence-electron chi connectivity index (χ0n) is 15.1. The minimum atomic E-state index is 0.105. The van der Waals surface area contributed by atoms with Crippen molar-refractivity contribution in [1.82, 2.24) is 0 Å². The van der Waals surface area contributed by atoms with Crippen LogP contribution < -0.4 is 15.2 Å². The number of hydrogen-bond donors (Lipinski definition) is 1. The average Bonchev–Trinajstić information content (AvgIpc) is 2.67. The SMILES string of the molecule is C[C@@H](N)Cc1ccc(OCc2ccccc2)c(OCc2ccccc2)c1. The van der Waals surface area contributed by atoms with Crippen LogP contribution in [-0.2, 0) is 19.6 Å². The molecule has 26 heavy (non-hydrogen) atoms. The highest BCUT2D eigenvalue weighted by molar-refractivity contribution is 5.43. The van der Waals surface area contributed by atoms with Gasteiger partial charge in [0.05, 0.1) is 0 Å². The molecule has 0 aromatic heterocycles. The molecule has 0 unspecified atom stereocenters. The molecular weight excluding hydrogens is 322 g/mol. The lowest BCUT2D eigenvalue weighted by Crippen LogP contribution is -2.17. The van der Waals surface area contributed by atoms with Crippen molar-refractivity contribution in [3.05, 3.63) is 95.6 Å². The topological polar surface area (TPSA) is 44.5 Å². The highest BCUT2D eigenvalue weighted by Crippen LogP contribution is 2.30. The summed E-state index contributed by atoms with van der Waals surface area (Å²) in [6.45, 7) is 3.02. The third-order valence-electron chi connectivity index (χ3n) is 4.04. The average molecular weight is 347 g/mol. The maximum atomic E-state index is 6.07. The smallest absolute Gasteiger partial charge is 0.161 e. The van der Waals surface area contributed by atoms with Crippen molar-refractivity contribution in [1.29, 1.82) is 0 Å². The first-order valence-electron chi connectivity index (χ1n) is 8.92. The van der Waals surface area contributed by atoms with Gasteiger partial charge >= 0.3 is 0 Å². The van der Waals surface area contributed by atoms with E-state index in [4.69, 9.17) is 15.2 Å². The van der Waals surface area contributed by atoms with Crippen LogP contribution in [0.25, 0.3) is 0 Å². The van der Waals surface area contributed by atoms with Crippen LogP contribution in [0.2, 0.25) is 0 Å². The zero-order valence-corrected chi connectivity index (χ0v) is 15.1. The second-order valence-electron chi connectivity index (χ2n) is 6.51. The van der Waals surface area contributed by atoms with Crippen LogP contribution in [0.4, 0.5) is 0 Å². The molecule has 0 aliphatic carbocycles. The fourth-order valence-corrected chi connectivity index (χ4v) is 2.75. The van der Waals surface area contributed by atoms with Crippen molar-refractivity contribution in [2.75, 3.05) is 0 Å². The van der Waals surface area contributed by atoms with Crippen LogP contribution in [0.1, 0.15) is 23.6 Å². The Balaban J connectivity index is 1.75. The first-order chi connectivity index (χ1) is 12.7. The van der Waals surface area contributed by atoms with E-state index in [9.17, 15) is 0 Å². The summed E-state index contributed by atoms with van der Waals surface area (Å²) < 4.78 is 12.1. The van der Waals surface area contributed by atoms with Crippen molar-refractivity contribution >= 4 is 0 Å². The molecule has 0 saturated heterocycles. The molecule has 0 fully saturated rings. The van der Waals surface area contributed by atoms with Crippen LogP contribution in [0, 0.1) is 0 Å². The lowest BCUT2D eigenvalue weighted by molar-refractivity contribution is 0.255. The molecule has 3 aromatic rings. The van der Waals surface area contributed by atoms with Crippen LogP contribution in [0.3, 0.4) is 0 Å². The van der Waals surface area contributed by atoms with Crippen molar-refractivity contribution in [3.8, 4) is 11.5 Å². The van der Waals surface area contributed by atoms with E-state index in [-0.39, 0.29) is 6.04 Å². The van der Waals surface area contributed by atoms with Crippen molar-refractivity contribution in [2.24, 2.45) is 5.73 Å². The molecule has 1 atom stereocenters. The fourth-order valence-electron chi connectivity index (χ4n) is 2.75. The van der Waals surface area contributed by atoms with Gasteiger partial charge in [0.15, 0.2) is 11.5 Å². The molecule has 2 N–H and O–H groups in total. The van der Waals surface area contributed by atoms with E-state index >= 15 is 0 Å². The number of hydrogen-bond acceptors (Lipinski definition) is 3. The van der Waals surface area contributed by atoms with Crippen LogP contribution in [-0.4, -0.2) is 6.04 Å². The highest BCUT2D eigenvalue weighted by Gasteiger charge is 2.09. The fraction of sp³-hybridized carbons (Fsp3) is 0.217. The third-order valence-corrected chi connectivity index (χ3v) is 4.04. The maximum Gasteiger partial charge on any atom is 0.161 e. The van der Waals surface area contributed by atoms with Gasteiger partial charge in [0.1, 0.15) is 13.2 Å². The number of nitrogens with two attached hydrogens (primary N) is 1. The predicted molar refractivity (Wildman–Crippen MR) is 105 cm³/mol. The number of ether oxygens (including phenoxy) is 2. The Morgan fingerprint density at radius 3 is 1.77 bits per heavy atom. The molecular formula is C23H25NO2. The molecule has 0 saturated carbocycles. The van der Waals surface area contributed by atoms with E-state index in [0.717, 1.165) is 34.6 Å². The summed E-state index contributed by atoms with van der Waals surface area (Å²) in [6.07, 6.45) is 0.806. The molecule has 0 bridgehead atoms. The van der Waals surface area contributed by atoms with E-state index in [1.165, 1.54) is 0 Å². The Morgan fingerprint density at radius 2 is 1.23 bits per heavy atom. The van der Waals surface area contributed by atoms with E-state index in [2.05, 4.69) is 30.3 Å². The third kappa shape index (κ3) is 5.36. The Bertz CT molecular complexity index is 801. The molecule has 0 radical (unpaired) electrons. The summed E-state index contributed by atoms with van der Waals surface area (Å²) >= 11 is 0. The summed E-state index contributed by atoms with van der Waals surface area (Å²) in [7, 11) is 0. The normalized spacial score (nSPS) is 11.8. The number of rotatable bonds is 8. The Kier molecular flexibility index (Phi) is 6.29. The van der Waals surface area contributed by atoms with E-state index in [0.29, 0.717) is 13.2 Å². The molecule has 3 heteroatoms. The first-order valence-corrected chi connectivity index (χ1v) is 8.92. The minimum absolute atomic E-state index is 0.105. The molecule has 0 spiro atoms. The molecule has 3 rings (SSSR count). The second-order valence-corrected chi connectivity index (χ2v) is 6.51. The number of benzene rings is 3. The zero-order chi connectivity index (χ0) is 18.2. The molecule has 3 nitrogen and oxygen atoms in total. The largest absolute Gasteiger partial charge is 0.485 e. The maximum absolute atomic E-state index is 6.07. The van der Waals surface area contributed by atoms with Gasteiger partial charge in [-0.1, -0.05) is 66.7 Å². The molecule has 134 valence electrons. The summed E-state index contributed by atoms with van der Waals surface area (Å²) in [5.41, 5.74) is 9.34. The first kappa shape index (κ1) is 18.0. The summed E-state index contributed by atoms with van der Waals surface area (Å²) in [6, 6.07) is 26.4. The van der Waals surface area contributed by atoms with Gasteiger partial charge in [-0.05, 0) is 42.2 Å². The van der Waals surface area contributed by atoms with Gasteiger partial charge in [0.25, 0.3) is 0 Å². The van der Waals surface area contributed by atoms with Gasteiger partial charge in [-0.3, -0.25) is 0 Å². The Labute approximate surface area is 155 Å². The van der Waals surface area contributed by atoms with Crippen molar-refractivity contribution in [2.45, 2.75) is 32.6 Å². The van der Waals surface area contributed by atoms with E-state index in [1.54, 1.807) is 0 Å². The molecule has 3 aromatic carbocycles. The van der Waals surface area contributed by atoms with Crippen LogP contribution in [0.15, 0.2) is 78.9 Å². The van der Waals surface area contributed by atoms with E-state index < -0.39 is 0 Å². The second kappa shape index (κ2) is 9.07.